The summed E-state index contributed by atoms with van der Waals surface area (Å²) in [6.45, 7) is 11.3. The minimum atomic E-state index is -0.482. The molecule has 1 aliphatic heterocycles. The number of carbonyl (C=O) groups excluding carboxylic acids is 1. The van der Waals surface area contributed by atoms with E-state index >= 15 is 0 Å². The molecule has 1 aromatic carbocycles. The van der Waals surface area contributed by atoms with Crippen molar-refractivity contribution in [3.8, 4) is 0 Å². The molecule has 1 saturated heterocycles. The van der Waals surface area contributed by atoms with E-state index in [2.05, 4.69) is 27.2 Å². The number of benzene rings is 1. The Kier molecular flexibility index (Phi) is 6.77. The Morgan fingerprint density at radius 3 is 2.26 bits per heavy atom. The quantitative estimate of drug-likeness (QED) is 0.845. The Bertz CT molecular complexity index is 595. The van der Waals surface area contributed by atoms with E-state index in [-0.39, 0.29) is 0 Å². The van der Waals surface area contributed by atoms with Crippen molar-refractivity contribution >= 4 is 11.8 Å². The predicted molar refractivity (Wildman–Crippen MR) is 110 cm³/mol. The van der Waals surface area contributed by atoms with E-state index < -0.39 is 11.7 Å². The summed E-state index contributed by atoms with van der Waals surface area (Å²) in [7, 11) is 0. The maximum Gasteiger partial charge on any atom is 0.412 e. The van der Waals surface area contributed by atoms with Crippen LogP contribution in [-0.4, -0.2) is 53.7 Å². The van der Waals surface area contributed by atoms with Gasteiger partial charge in [0.2, 0.25) is 0 Å². The van der Waals surface area contributed by atoms with Crippen molar-refractivity contribution in [3.63, 3.8) is 0 Å². The van der Waals surface area contributed by atoms with Crippen molar-refractivity contribution in [1.82, 2.24) is 9.80 Å². The second kappa shape index (κ2) is 9.07. The molecule has 5 heteroatoms. The molecule has 1 N–H and O–H groups in total. The zero-order chi connectivity index (χ0) is 19.3. The molecule has 0 atom stereocenters. The highest BCUT2D eigenvalue weighted by Crippen LogP contribution is 2.24. The van der Waals surface area contributed by atoms with Gasteiger partial charge in [-0.15, -0.1) is 0 Å². The molecule has 0 bridgehead atoms. The number of nitrogens with zero attached hydrogens (tertiary/aromatic N) is 2. The van der Waals surface area contributed by atoms with Crippen LogP contribution in [0.1, 0.15) is 58.4 Å². The lowest BCUT2D eigenvalue weighted by molar-refractivity contribution is 0.0636. The van der Waals surface area contributed by atoms with Gasteiger partial charge < -0.3 is 4.74 Å². The average Bonchev–Trinajstić information content (AvgIpc) is 2.63. The third-order valence-electron chi connectivity index (χ3n) is 5.50. The zero-order valence-corrected chi connectivity index (χ0v) is 17.2. The number of anilines is 1. The number of amides is 1. The van der Waals surface area contributed by atoms with Crippen molar-refractivity contribution in [2.75, 3.05) is 31.5 Å². The molecule has 5 nitrogen and oxygen atoms in total. The highest BCUT2D eigenvalue weighted by molar-refractivity contribution is 5.84. The van der Waals surface area contributed by atoms with Crippen LogP contribution in [0, 0.1) is 0 Å². The monoisotopic (exact) mass is 373 g/mol. The van der Waals surface area contributed by atoms with Crippen LogP contribution in [0.5, 0.6) is 0 Å². The van der Waals surface area contributed by atoms with Gasteiger partial charge in [-0.2, -0.15) is 0 Å². The van der Waals surface area contributed by atoms with Crippen molar-refractivity contribution in [2.24, 2.45) is 0 Å². The first kappa shape index (κ1) is 20.2. The molecule has 1 amide bonds. The van der Waals surface area contributed by atoms with Gasteiger partial charge in [0.15, 0.2) is 0 Å². The van der Waals surface area contributed by atoms with Crippen LogP contribution in [0.25, 0.3) is 0 Å². The van der Waals surface area contributed by atoms with E-state index in [0.29, 0.717) is 0 Å². The highest BCUT2D eigenvalue weighted by atomic mass is 16.6. The summed E-state index contributed by atoms with van der Waals surface area (Å²) >= 11 is 0. The zero-order valence-electron chi connectivity index (χ0n) is 17.2. The maximum absolute atomic E-state index is 11.8. The number of carbonyl (C=O) groups is 1. The number of hydrogen-bond acceptors (Lipinski definition) is 4. The number of hydrogen-bond donors (Lipinski definition) is 1. The van der Waals surface area contributed by atoms with Crippen LogP contribution in [0.3, 0.4) is 0 Å². The Labute approximate surface area is 164 Å². The van der Waals surface area contributed by atoms with E-state index in [1.165, 1.54) is 50.8 Å². The molecule has 27 heavy (non-hydrogen) atoms. The van der Waals surface area contributed by atoms with Gasteiger partial charge >= 0.3 is 6.09 Å². The predicted octanol–water partition coefficient (Wildman–Crippen LogP) is 4.48. The van der Waals surface area contributed by atoms with Crippen molar-refractivity contribution in [1.29, 1.82) is 0 Å². The minimum Gasteiger partial charge on any atom is -0.444 e. The normalized spacial score (nSPS) is 20.4. The molecule has 0 aromatic heterocycles. The SMILES string of the molecule is CC(C)(C)OC(=O)Nc1ccc(CN2CCN(C3CCCCC3)CC2)cc1. The third-order valence-corrected chi connectivity index (χ3v) is 5.50. The topological polar surface area (TPSA) is 44.8 Å². The molecule has 150 valence electrons. The molecule has 0 radical (unpaired) electrons. The summed E-state index contributed by atoms with van der Waals surface area (Å²) in [4.78, 5) is 17.1. The number of rotatable bonds is 4. The van der Waals surface area contributed by atoms with Gasteiger partial charge in [0.05, 0.1) is 0 Å². The van der Waals surface area contributed by atoms with Crippen molar-refractivity contribution < 1.29 is 9.53 Å². The Morgan fingerprint density at radius 2 is 1.67 bits per heavy atom. The van der Waals surface area contributed by atoms with Gasteiger partial charge in [-0.1, -0.05) is 31.4 Å². The van der Waals surface area contributed by atoms with E-state index in [0.717, 1.165) is 31.4 Å². The summed E-state index contributed by atoms with van der Waals surface area (Å²) in [5.41, 5.74) is 1.58. The van der Waals surface area contributed by atoms with Crippen LogP contribution < -0.4 is 5.32 Å². The first-order valence-corrected chi connectivity index (χ1v) is 10.4. The third kappa shape index (κ3) is 6.51. The summed E-state index contributed by atoms with van der Waals surface area (Å²) in [5, 5.41) is 2.79. The van der Waals surface area contributed by atoms with Gasteiger partial charge in [0, 0.05) is 44.5 Å². The number of piperazine rings is 1. The second-order valence-corrected chi connectivity index (χ2v) is 8.93. The van der Waals surface area contributed by atoms with Crippen LogP contribution in [-0.2, 0) is 11.3 Å². The van der Waals surface area contributed by atoms with E-state index in [1.54, 1.807) is 0 Å². The van der Waals surface area contributed by atoms with Gasteiger partial charge in [0.1, 0.15) is 5.60 Å². The summed E-state index contributed by atoms with van der Waals surface area (Å²) in [5.74, 6) is 0. The van der Waals surface area contributed by atoms with Gasteiger partial charge in [0.25, 0.3) is 0 Å². The molecule has 2 aliphatic rings. The summed E-state index contributed by atoms with van der Waals surface area (Å²) in [6, 6.07) is 8.94. The fourth-order valence-corrected chi connectivity index (χ4v) is 4.11. The maximum atomic E-state index is 11.8. The Hall–Kier alpha value is -1.59. The van der Waals surface area contributed by atoms with Gasteiger partial charge in [-0.3, -0.25) is 15.1 Å². The second-order valence-electron chi connectivity index (χ2n) is 8.93. The van der Waals surface area contributed by atoms with Crippen LogP contribution in [0.4, 0.5) is 10.5 Å². The van der Waals surface area contributed by atoms with E-state index in [1.807, 2.05) is 32.9 Å². The first-order valence-electron chi connectivity index (χ1n) is 10.4. The standard InChI is InChI=1S/C22H35N3O2/c1-22(2,3)27-21(26)23-19-11-9-18(10-12-19)17-24-13-15-25(16-14-24)20-7-5-4-6-8-20/h9-12,20H,4-8,13-17H2,1-3H3,(H,23,26). The van der Waals surface area contributed by atoms with Crippen LogP contribution in [0.2, 0.25) is 0 Å². The highest BCUT2D eigenvalue weighted by Gasteiger charge is 2.25. The molecule has 1 saturated carbocycles. The Morgan fingerprint density at radius 1 is 1.04 bits per heavy atom. The van der Waals surface area contributed by atoms with Crippen molar-refractivity contribution in [3.05, 3.63) is 29.8 Å². The average molecular weight is 374 g/mol. The van der Waals surface area contributed by atoms with Gasteiger partial charge in [-0.05, 0) is 51.3 Å². The van der Waals surface area contributed by atoms with E-state index in [9.17, 15) is 4.79 Å². The fraction of sp³-hybridized carbons (Fsp3) is 0.682. The van der Waals surface area contributed by atoms with E-state index in [4.69, 9.17) is 4.74 Å². The molecular formula is C22H35N3O2. The smallest absolute Gasteiger partial charge is 0.412 e. The summed E-state index contributed by atoms with van der Waals surface area (Å²) in [6.07, 6.45) is 6.63. The van der Waals surface area contributed by atoms with Gasteiger partial charge in [-0.25, -0.2) is 4.79 Å². The van der Waals surface area contributed by atoms with Crippen molar-refractivity contribution in [2.45, 2.75) is 71.1 Å². The molecule has 1 aromatic rings. The molecule has 1 aliphatic carbocycles. The number of ether oxygens (including phenoxy) is 1. The molecule has 0 unspecified atom stereocenters. The molecule has 2 fully saturated rings. The lowest BCUT2D eigenvalue weighted by Crippen LogP contribution is -2.50. The first-order chi connectivity index (χ1) is 12.9. The molecule has 3 rings (SSSR count). The molecule has 1 heterocycles. The molecular weight excluding hydrogens is 338 g/mol. The lowest BCUT2D eigenvalue weighted by Gasteiger charge is -2.40. The molecule has 0 spiro atoms. The van der Waals surface area contributed by atoms with Crippen LogP contribution >= 0.6 is 0 Å². The van der Waals surface area contributed by atoms with Crippen LogP contribution in [0.15, 0.2) is 24.3 Å². The number of nitrogens with one attached hydrogen (secondary N) is 1. The fourth-order valence-electron chi connectivity index (χ4n) is 4.11. The summed E-state index contributed by atoms with van der Waals surface area (Å²) < 4.78 is 5.29. The lowest BCUT2D eigenvalue weighted by atomic mass is 9.94. The largest absolute Gasteiger partial charge is 0.444 e. The Balaban J connectivity index is 1.43. The minimum absolute atomic E-state index is 0.408.